The lowest BCUT2D eigenvalue weighted by molar-refractivity contribution is -0.126. The topological polar surface area (TPSA) is 79.0 Å². The highest BCUT2D eigenvalue weighted by atomic mass is 32.2. The third-order valence-electron chi connectivity index (χ3n) is 6.30. The van der Waals surface area contributed by atoms with Gasteiger partial charge in [-0.15, -0.1) is 0 Å². The minimum atomic E-state index is -3.47. The number of carbonyl (C=O) groups excluding carboxylic acids is 1. The zero-order valence-corrected chi connectivity index (χ0v) is 17.1. The number of rotatable bonds is 6. The van der Waals surface area contributed by atoms with E-state index < -0.39 is 10.2 Å². The molecule has 1 aromatic carbocycles. The molecule has 3 heterocycles. The molecular weight excluding hydrogens is 378 g/mol. The molecule has 3 fully saturated rings. The highest BCUT2D eigenvalue weighted by Crippen LogP contribution is 2.54. The number of nitrogens with one attached hydrogen (secondary N) is 1. The van der Waals surface area contributed by atoms with E-state index in [1.165, 1.54) is 18.4 Å². The Balaban J connectivity index is 1.43. The van der Waals surface area contributed by atoms with Crippen LogP contribution in [-0.4, -0.2) is 69.0 Å². The minimum absolute atomic E-state index is 0.0210. The fourth-order valence-corrected chi connectivity index (χ4v) is 5.46. The smallest absolute Gasteiger partial charge is 0.278 e. The van der Waals surface area contributed by atoms with Gasteiger partial charge in [-0.05, 0) is 24.5 Å². The molecular formula is C20H27N3O4S. The summed E-state index contributed by atoms with van der Waals surface area (Å²) >= 11 is 0. The number of carbonyl (C=O) groups is 1. The fraction of sp³-hybridized carbons (Fsp3) is 0.550. The normalized spacial score (nSPS) is 31.8. The van der Waals surface area contributed by atoms with E-state index in [0.29, 0.717) is 19.6 Å². The number of likely N-dealkylation sites (tertiary alicyclic amines) is 1. The number of benzene rings is 1. The van der Waals surface area contributed by atoms with Crippen molar-refractivity contribution in [1.82, 2.24) is 13.9 Å². The Labute approximate surface area is 166 Å². The van der Waals surface area contributed by atoms with E-state index in [1.54, 1.807) is 6.08 Å². The molecule has 2 bridgehead atoms. The summed E-state index contributed by atoms with van der Waals surface area (Å²) in [6.07, 6.45) is 5.38. The van der Waals surface area contributed by atoms with Gasteiger partial charge in [-0.25, -0.2) is 4.72 Å². The lowest BCUT2D eigenvalue weighted by Gasteiger charge is -2.29. The zero-order valence-electron chi connectivity index (χ0n) is 16.2. The predicted molar refractivity (Wildman–Crippen MR) is 106 cm³/mol. The van der Waals surface area contributed by atoms with Crippen molar-refractivity contribution in [2.45, 2.75) is 24.5 Å². The SMILES string of the molecule is CN(C)S(=O)(=O)NC[C@H]1[C@H]2CN(C(=O)C=Cc3ccccc3)C[C@]23CC[C@H]1O3. The third kappa shape index (κ3) is 3.50. The number of fused-ring (bicyclic) bond motifs is 1. The second-order valence-corrected chi connectivity index (χ2v) is 10.1. The first-order valence-electron chi connectivity index (χ1n) is 9.68. The summed E-state index contributed by atoms with van der Waals surface area (Å²) in [5, 5.41) is 0. The van der Waals surface area contributed by atoms with Crippen LogP contribution in [0.3, 0.4) is 0 Å². The fourth-order valence-electron chi connectivity index (χ4n) is 4.80. The highest BCUT2D eigenvalue weighted by Gasteiger charge is 2.63. The quantitative estimate of drug-likeness (QED) is 0.719. The maximum absolute atomic E-state index is 12.7. The Morgan fingerprint density at radius 1 is 1.36 bits per heavy atom. The van der Waals surface area contributed by atoms with Gasteiger partial charge in [0.1, 0.15) is 0 Å². The molecule has 0 aromatic heterocycles. The first-order valence-corrected chi connectivity index (χ1v) is 11.1. The molecule has 8 heteroatoms. The summed E-state index contributed by atoms with van der Waals surface area (Å²) in [6, 6.07) is 9.74. The molecule has 1 amide bonds. The van der Waals surface area contributed by atoms with Crippen molar-refractivity contribution in [2.75, 3.05) is 33.7 Å². The second kappa shape index (κ2) is 7.26. The van der Waals surface area contributed by atoms with Gasteiger partial charge in [0.2, 0.25) is 5.91 Å². The minimum Gasteiger partial charge on any atom is -0.369 e. The highest BCUT2D eigenvalue weighted by molar-refractivity contribution is 7.87. The molecule has 1 N–H and O–H groups in total. The number of ether oxygens (including phenoxy) is 1. The number of nitrogens with zero attached hydrogens (tertiary/aromatic N) is 2. The molecule has 4 rings (SSSR count). The second-order valence-electron chi connectivity index (χ2n) is 8.13. The number of hydrogen-bond donors (Lipinski definition) is 1. The van der Waals surface area contributed by atoms with Crippen LogP contribution in [0, 0.1) is 11.8 Å². The molecule has 28 heavy (non-hydrogen) atoms. The van der Waals surface area contributed by atoms with Crippen LogP contribution in [0.2, 0.25) is 0 Å². The number of hydrogen-bond acceptors (Lipinski definition) is 4. The summed E-state index contributed by atoms with van der Waals surface area (Å²) in [6.45, 7) is 1.55. The van der Waals surface area contributed by atoms with Crippen LogP contribution in [0.4, 0.5) is 0 Å². The van der Waals surface area contributed by atoms with E-state index in [9.17, 15) is 13.2 Å². The van der Waals surface area contributed by atoms with Crippen molar-refractivity contribution in [3.8, 4) is 0 Å². The Morgan fingerprint density at radius 2 is 2.11 bits per heavy atom. The van der Waals surface area contributed by atoms with Gasteiger partial charge in [-0.1, -0.05) is 30.3 Å². The van der Waals surface area contributed by atoms with Crippen LogP contribution in [-0.2, 0) is 19.7 Å². The van der Waals surface area contributed by atoms with Crippen LogP contribution in [0.15, 0.2) is 36.4 Å². The van der Waals surface area contributed by atoms with Crippen molar-refractivity contribution in [1.29, 1.82) is 0 Å². The summed E-state index contributed by atoms with van der Waals surface area (Å²) in [5.74, 6) is 0.247. The summed E-state index contributed by atoms with van der Waals surface area (Å²) in [7, 11) is -0.446. The van der Waals surface area contributed by atoms with Crippen LogP contribution in [0.25, 0.3) is 6.08 Å². The molecule has 1 spiro atoms. The third-order valence-corrected chi connectivity index (χ3v) is 7.79. The molecule has 3 aliphatic rings. The molecule has 0 aliphatic carbocycles. The first kappa shape index (κ1) is 19.6. The van der Waals surface area contributed by atoms with Crippen LogP contribution >= 0.6 is 0 Å². The van der Waals surface area contributed by atoms with E-state index >= 15 is 0 Å². The van der Waals surface area contributed by atoms with Crippen molar-refractivity contribution < 1.29 is 17.9 Å². The largest absolute Gasteiger partial charge is 0.369 e. The first-order chi connectivity index (χ1) is 13.3. The van der Waals surface area contributed by atoms with Crippen molar-refractivity contribution >= 4 is 22.2 Å². The van der Waals surface area contributed by atoms with Crippen LogP contribution < -0.4 is 4.72 Å². The van der Waals surface area contributed by atoms with Gasteiger partial charge in [-0.2, -0.15) is 12.7 Å². The van der Waals surface area contributed by atoms with Gasteiger partial charge >= 0.3 is 0 Å². The lowest BCUT2D eigenvalue weighted by atomic mass is 9.74. The van der Waals surface area contributed by atoms with Gasteiger partial charge in [0.15, 0.2) is 0 Å². The van der Waals surface area contributed by atoms with Gasteiger partial charge in [0, 0.05) is 45.1 Å². The molecule has 0 saturated carbocycles. The lowest BCUT2D eigenvalue weighted by Crippen LogP contribution is -2.44. The molecule has 7 nitrogen and oxygen atoms in total. The maximum atomic E-state index is 12.7. The molecule has 3 saturated heterocycles. The van der Waals surface area contributed by atoms with E-state index in [2.05, 4.69) is 4.72 Å². The van der Waals surface area contributed by atoms with E-state index in [4.69, 9.17) is 4.74 Å². The average Bonchev–Trinajstić information content (AvgIpc) is 3.33. The monoisotopic (exact) mass is 405 g/mol. The number of amides is 1. The Bertz CT molecular complexity index is 871. The predicted octanol–water partition coefficient (Wildman–Crippen LogP) is 1.10. The van der Waals surface area contributed by atoms with Crippen LogP contribution in [0.5, 0.6) is 0 Å². The van der Waals surface area contributed by atoms with E-state index in [1.807, 2.05) is 41.3 Å². The average molecular weight is 406 g/mol. The van der Waals surface area contributed by atoms with Gasteiger partial charge < -0.3 is 9.64 Å². The Kier molecular flexibility index (Phi) is 5.07. The van der Waals surface area contributed by atoms with Crippen molar-refractivity contribution in [3.05, 3.63) is 42.0 Å². The Morgan fingerprint density at radius 3 is 2.82 bits per heavy atom. The summed E-state index contributed by atoms with van der Waals surface area (Å²) in [4.78, 5) is 14.5. The van der Waals surface area contributed by atoms with E-state index in [0.717, 1.165) is 18.4 Å². The van der Waals surface area contributed by atoms with Gasteiger partial charge in [-0.3, -0.25) is 4.79 Å². The van der Waals surface area contributed by atoms with E-state index in [-0.39, 0.29) is 29.4 Å². The Hall–Kier alpha value is -1.74. The molecule has 4 atom stereocenters. The van der Waals surface area contributed by atoms with Crippen molar-refractivity contribution in [2.24, 2.45) is 11.8 Å². The molecule has 0 radical (unpaired) electrons. The van der Waals surface area contributed by atoms with Crippen LogP contribution in [0.1, 0.15) is 18.4 Å². The standard InChI is InChI=1S/C20H27N3O4S/c1-22(2)28(25,26)21-12-16-17-13-23(14-20(17)11-10-18(16)27-20)19(24)9-8-15-6-4-3-5-7-15/h3-9,16-18,21H,10-14H2,1-2H3/t16-,17+,18+,20+/m0/s1. The molecule has 0 unspecified atom stereocenters. The molecule has 152 valence electrons. The maximum Gasteiger partial charge on any atom is 0.278 e. The zero-order chi connectivity index (χ0) is 19.9. The molecule has 1 aromatic rings. The van der Waals surface area contributed by atoms with Crippen molar-refractivity contribution in [3.63, 3.8) is 0 Å². The van der Waals surface area contributed by atoms with Gasteiger partial charge in [0.05, 0.1) is 18.2 Å². The summed E-state index contributed by atoms with van der Waals surface area (Å²) in [5.41, 5.74) is 0.677. The summed E-state index contributed by atoms with van der Waals surface area (Å²) < 4.78 is 34.3. The molecule has 3 aliphatic heterocycles. The van der Waals surface area contributed by atoms with Gasteiger partial charge in [0.25, 0.3) is 10.2 Å².